The van der Waals surface area contributed by atoms with Crippen LogP contribution in [0.4, 0.5) is 0 Å². The molecule has 0 bridgehead atoms. The molecule has 0 amide bonds. The van der Waals surface area contributed by atoms with Gasteiger partial charge in [-0.2, -0.15) is 0 Å². The molecule has 86 valence electrons. The first-order chi connectivity index (χ1) is 7.93. The summed E-state index contributed by atoms with van der Waals surface area (Å²) in [6.45, 7) is 4.43. The monoisotopic (exact) mass is 219 g/mol. The van der Waals surface area contributed by atoms with Gasteiger partial charge in [0.25, 0.3) is 0 Å². The van der Waals surface area contributed by atoms with Gasteiger partial charge in [0.2, 0.25) is 0 Å². The lowest BCUT2D eigenvalue weighted by Gasteiger charge is -2.36. The van der Waals surface area contributed by atoms with Crippen LogP contribution in [0.15, 0.2) is 30.3 Å². The largest absolute Gasteiger partial charge is 0.377 e. The van der Waals surface area contributed by atoms with Crippen LogP contribution < -0.4 is 0 Å². The van der Waals surface area contributed by atoms with Crippen LogP contribution in [-0.4, -0.2) is 43.4 Å². The number of fused-ring (bicyclic) bond motifs is 1. The van der Waals surface area contributed by atoms with Gasteiger partial charge in [-0.3, -0.25) is 4.90 Å². The number of nitrogens with zero attached hydrogens (tertiary/aromatic N) is 1. The summed E-state index contributed by atoms with van der Waals surface area (Å²) in [5.41, 5.74) is 1.37. The van der Waals surface area contributed by atoms with Gasteiger partial charge in [-0.25, -0.2) is 0 Å². The second-order valence-corrected chi connectivity index (χ2v) is 4.47. The zero-order valence-corrected chi connectivity index (χ0v) is 9.34. The maximum absolute atomic E-state index is 5.70. The van der Waals surface area contributed by atoms with Gasteiger partial charge in [0.15, 0.2) is 0 Å². The standard InChI is InChI=1S/C13H17NO2/c1-2-4-11(5-3-1)8-14-6-7-16-13-10-15-9-12(13)14/h1-5,12-13H,6-10H2/t12-,13-/m0/s1. The SMILES string of the molecule is c1ccc(CN2CCO[C@H]3COC[C@@H]32)cc1. The zero-order chi connectivity index (χ0) is 10.8. The summed E-state index contributed by atoms with van der Waals surface area (Å²) in [7, 11) is 0. The van der Waals surface area contributed by atoms with Crippen molar-refractivity contribution in [2.75, 3.05) is 26.4 Å². The summed E-state index contributed by atoms with van der Waals surface area (Å²) in [5, 5.41) is 0. The molecule has 16 heavy (non-hydrogen) atoms. The topological polar surface area (TPSA) is 21.7 Å². The lowest BCUT2D eigenvalue weighted by atomic mass is 10.1. The van der Waals surface area contributed by atoms with Crippen molar-refractivity contribution in [3.63, 3.8) is 0 Å². The van der Waals surface area contributed by atoms with E-state index in [9.17, 15) is 0 Å². The third kappa shape index (κ3) is 1.98. The Morgan fingerprint density at radius 2 is 2.06 bits per heavy atom. The maximum Gasteiger partial charge on any atom is 0.0986 e. The summed E-state index contributed by atoms with van der Waals surface area (Å²) in [4.78, 5) is 2.48. The first-order valence-corrected chi connectivity index (χ1v) is 5.91. The molecule has 2 fully saturated rings. The molecule has 2 aliphatic rings. The molecule has 2 saturated heterocycles. The number of ether oxygens (including phenoxy) is 2. The Bertz CT molecular complexity index is 341. The number of rotatable bonds is 2. The Hall–Kier alpha value is -0.900. The minimum atomic E-state index is 0.289. The Morgan fingerprint density at radius 3 is 2.94 bits per heavy atom. The van der Waals surface area contributed by atoms with Gasteiger partial charge in [-0.05, 0) is 5.56 Å². The molecule has 1 aromatic carbocycles. The van der Waals surface area contributed by atoms with Crippen LogP contribution in [0.2, 0.25) is 0 Å². The van der Waals surface area contributed by atoms with Crippen molar-refractivity contribution >= 4 is 0 Å². The van der Waals surface area contributed by atoms with E-state index in [1.54, 1.807) is 0 Å². The van der Waals surface area contributed by atoms with Crippen molar-refractivity contribution in [3.05, 3.63) is 35.9 Å². The highest BCUT2D eigenvalue weighted by atomic mass is 16.6. The fraction of sp³-hybridized carbons (Fsp3) is 0.538. The molecule has 3 nitrogen and oxygen atoms in total. The molecule has 0 aromatic heterocycles. The van der Waals surface area contributed by atoms with E-state index >= 15 is 0 Å². The molecule has 0 radical (unpaired) electrons. The highest BCUT2D eigenvalue weighted by Crippen LogP contribution is 2.22. The van der Waals surface area contributed by atoms with Crippen molar-refractivity contribution < 1.29 is 9.47 Å². The summed E-state index contributed by atoms with van der Waals surface area (Å²) in [5.74, 6) is 0. The summed E-state index contributed by atoms with van der Waals surface area (Å²) in [6.07, 6.45) is 0.289. The molecule has 1 aromatic rings. The summed E-state index contributed by atoms with van der Waals surface area (Å²) >= 11 is 0. The molecular formula is C13H17NO2. The van der Waals surface area contributed by atoms with Crippen LogP contribution in [0.25, 0.3) is 0 Å². The molecule has 0 aliphatic carbocycles. The maximum atomic E-state index is 5.70. The molecule has 3 heteroatoms. The third-order valence-electron chi connectivity index (χ3n) is 3.41. The lowest BCUT2D eigenvalue weighted by Crippen LogP contribution is -2.50. The van der Waals surface area contributed by atoms with Crippen molar-refractivity contribution in [1.29, 1.82) is 0 Å². The van der Waals surface area contributed by atoms with Crippen LogP contribution in [0.3, 0.4) is 0 Å². The van der Waals surface area contributed by atoms with Crippen molar-refractivity contribution in [3.8, 4) is 0 Å². The number of morpholine rings is 1. The number of benzene rings is 1. The second kappa shape index (κ2) is 4.53. The molecular weight excluding hydrogens is 202 g/mol. The van der Waals surface area contributed by atoms with E-state index < -0.39 is 0 Å². The second-order valence-electron chi connectivity index (χ2n) is 4.47. The van der Waals surface area contributed by atoms with Crippen LogP contribution in [0.1, 0.15) is 5.56 Å². The van der Waals surface area contributed by atoms with Crippen molar-refractivity contribution in [2.24, 2.45) is 0 Å². The van der Waals surface area contributed by atoms with Gasteiger partial charge in [0.05, 0.1) is 32.0 Å². The van der Waals surface area contributed by atoms with Crippen LogP contribution >= 0.6 is 0 Å². The van der Waals surface area contributed by atoms with Gasteiger partial charge < -0.3 is 9.47 Å². The molecule has 2 aliphatic heterocycles. The predicted molar refractivity (Wildman–Crippen MR) is 61.2 cm³/mol. The molecule has 0 N–H and O–H groups in total. The molecule has 0 unspecified atom stereocenters. The van der Waals surface area contributed by atoms with E-state index in [0.29, 0.717) is 6.04 Å². The zero-order valence-electron chi connectivity index (χ0n) is 9.34. The van der Waals surface area contributed by atoms with E-state index in [1.165, 1.54) is 5.56 Å². The fourth-order valence-corrected chi connectivity index (χ4v) is 2.52. The number of hydrogen-bond donors (Lipinski definition) is 0. The van der Waals surface area contributed by atoms with Crippen molar-refractivity contribution in [2.45, 2.75) is 18.7 Å². The quantitative estimate of drug-likeness (QED) is 0.748. The van der Waals surface area contributed by atoms with E-state index in [4.69, 9.17) is 9.47 Å². The van der Waals surface area contributed by atoms with Gasteiger partial charge in [-0.1, -0.05) is 30.3 Å². The van der Waals surface area contributed by atoms with Crippen LogP contribution in [0, 0.1) is 0 Å². The minimum absolute atomic E-state index is 0.289. The van der Waals surface area contributed by atoms with E-state index in [0.717, 1.165) is 32.9 Å². The lowest BCUT2D eigenvalue weighted by molar-refractivity contribution is -0.0511. The first-order valence-electron chi connectivity index (χ1n) is 5.91. The van der Waals surface area contributed by atoms with Gasteiger partial charge in [0, 0.05) is 13.1 Å². The molecule has 0 saturated carbocycles. The summed E-state index contributed by atoms with van der Waals surface area (Å²) < 4.78 is 11.2. The highest BCUT2D eigenvalue weighted by molar-refractivity contribution is 5.15. The molecule has 3 rings (SSSR count). The molecule has 2 heterocycles. The highest BCUT2D eigenvalue weighted by Gasteiger charge is 2.36. The first kappa shape index (κ1) is 10.3. The average molecular weight is 219 g/mol. The van der Waals surface area contributed by atoms with Gasteiger partial charge in [-0.15, -0.1) is 0 Å². The van der Waals surface area contributed by atoms with Crippen LogP contribution in [-0.2, 0) is 16.0 Å². The molecule has 0 spiro atoms. The molecule has 2 atom stereocenters. The van der Waals surface area contributed by atoms with E-state index in [1.807, 2.05) is 0 Å². The minimum Gasteiger partial charge on any atom is -0.377 e. The number of hydrogen-bond acceptors (Lipinski definition) is 3. The Labute approximate surface area is 96.0 Å². The predicted octanol–water partition coefficient (Wildman–Crippen LogP) is 1.29. The van der Waals surface area contributed by atoms with Gasteiger partial charge in [0.1, 0.15) is 0 Å². The average Bonchev–Trinajstić information content (AvgIpc) is 2.80. The third-order valence-corrected chi connectivity index (χ3v) is 3.41. The van der Waals surface area contributed by atoms with E-state index in [-0.39, 0.29) is 6.10 Å². The van der Waals surface area contributed by atoms with E-state index in [2.05, 4.69) is 35.2 Å². The fourth-order valence-electron chi connectivity index (χ4n) is 2.52. The van der Waals surface area contributed by atoms with Crippen LogP contribution in [0.5, 0.6) is 0 Å². The smallest absolute Gasteiger partial charge is 0.0986 e. The Morgan fingerprint density at radius 1 is 1.19 bits per heavy atom. The summed E-state index contributed by atoms with van der Waals surface area (Å²) in [6, 6.07) is 11.1. The normalized spacial score (nSPS) is 30.2. The van der Waals surface area contributed by atoms with Crippen molar-refractivity contribution in [1.82, 2.24) is 4.90 Å². The Balaban J connectivity index is 1.70. The van der Waals surface area contributed by atoms with Gasteiger partial charge >= 0.3 is 0 Å². The Kier molecular flexibility index (Phi) is 2.91.